The highest BCUT2D eigenvalue weighted by Gasteiger charge is 2.15. The summed E-state index contributed by atoms with van der Waals surface area (Å²) in [4.78, 5) is 4.85. The minimum atomic E-state index is 0.377. The van der Waals surface area contributed by atoms with Crippen molar-refractivity contribution in [3.05, 3.63) is 23.0 Å². The molecule has 0 unspecified atom stereocenters. The molecule has 2 rings (SSSR count). The van der Waals surface area contributed by atoms with Crippen LogP contribution in [0.5, 0.6) is 0 Å². The van der Waals surface area contributed by atoms with Gasteiger partial charge in [0.1, 0.15) is 5.84 Å². The van der Waals surface area contributed by atoms with Gasteiger partial charge in [-0.2, -0.15) is 10.2 Å². The molecule has 0 saturated heterocycles. The number of nitrogens with two attached hydrogens (primary N) is 1. The summed E-state index contributed by atoms with van der Waals surface area (Å²) in [5.41, 5.74) is 5.60. The average Bonchev–Trinajstić information content (AvgIpc) is 2.73. The lowest BCUT2D eigenvalue weighted by Crippen LogP contribution is -2.33. The Morgan fingerprint density at radius 3 is 2.60 bits per heavy atom. The van der Waals surface area contributed by atoms with E-state index < -0.39 is 0 Å². The Labute approximate surface area is 121 Å². The van der Waals surface area contributed by atoms with Gasteiger partial charge in [-0.25, -0.2) is 5.84 Å². The van der Waals surface area contributed by atoms with E-state index in [9.17, 15) is 0 Å². The van der Waals surface area contributed by atoms with Gasteiger partial charge >= 0.3 is 0 Å². The molecule has 5 heteroatoms. The first kappa shape index (κ1) is 14.9. The predicted molar refractivity (Wildman–Crippen MR) is 81.5 cm³/mol. The van der Waals surface area contributed by atoms with Gasteiger partial charge in [0.2, 0.25) is 0 Å². The van der Waals surface area contributed by atoms with Crippen molar-refractivity contribution in [2.24, 2.45) is 10.8 Å². The number of aryl methyl sites for hydroxylation is 2. The van der Waals surface area contributed by atoms with E-state index in [0.29, 0.717) is 6.04 Å². The maximum Gasteiger partial charge on any atom is 0.144 e. The van der Waals surface area contributed by atoms with Gasteiger partial charge in [-0.05, 0) is 32.3 Å². The fraction of sp³-hybridized carbons (Fsp3) is 0.667. The molecule has 0 amide bonds. The molecule has 1 saturated carbocycles. The molecule has 1 aromatic heterocycles. The van der Waals surface area contributed by atoms with Crippen LogP contribution in [0.3, 0.4) is 0 Å². The molecular formula is C15H25N5. The van der Waals surface area contributed by atoms with Crippen molar-refractivity contribution >= 4 is 5.84 Å². The molecule has 3 N–H and O–H groups in total. The van der Waals surface area contributed by atoms with E-state index in [-0.39, 0.29) is 0 Å². The number of nitrogens with one attached hydrogen (secondary N) is 1. The number of aromatic nitrogens is 2. The molecule has 1 heterocycles. The third kappa shape index (κ3) is 3.76. The minimum absolute atomic E-state index is 0.377. The standard InChI is InChI=1S/C15H25N5/c1-3-14-13(10-11(2)19-20-14)15(18-16)17-12-8-6-4-5-7-9-12/h10,12H,3-9,16H2,1-2H3,(H,17,18). The fourth-order valence-corrected chi connectivity index (χ4v) is 2.73. The van der Waals surface area contributed by atoms with Crippen molar-refractivity contribution in [1.82, 2.24) is 15.6 Å². The number of aliphatic imine (C=N–C) groups is 1. The van der Waals surface area contributed by atoms with Crippen LogP contribution < -0.4 is 11.3 Å². The van der Waals surface area contributed by atoms with Crippen molar-refractivity contribution in [1.29, 1.82) is 0 Å². The lowest BCUT2D eigenvalue weighted by molar-refractivity contribution is 0.583. The van der Waals surface area contributed by atoms with Gasteiger partial charge < -0.3 is 5.43 Å². The summed E-state index contributed by atoms with van der Waals surface area (Å²) in [5, 5.41) is 8.37. The summed E-state index contributed by atoms with van der Waals surface area (Å²) < 4.78 is 0. The minimum Gasteiger partial charge on any atom is -0.308 e. The van der Waals surface area contributed by atoms with E-state index in [2.05, 4.69) is 22.5 Å². The Morgan fingerprint density at radius 2 is 2.00 bits per heavy atom. The molecule has 1 fully saturated rings. The fourth-order valence-electron chi connectivity index (χ4n) is 2.73. The second-order valence-corrected chi connectivity index (χ2v) is 5.47. The third-order valence-corrected chi connectivity index (χ3v) is 3.86. The molecule has 5 nitrogen and oxygen atoms in total. The Balaban J connectivity index is 2.28. The molecule has 0 aliphatic heterocycles. The Kier molecular flexibility index (Phi) is 5.47. The van der Waals surface area contributed by atoms with Crippen molar-refractivity contribution in [3.8, 4) is 0 Å². The summed E-state index contributed by atoms with van der Waals surface area (Å²) in [7, 11) is 0. The molecular weight excluding hydrogens is 250 g/mol. The number of nitrogens with zero attached hydrogens (tertiary/aromatic N) is 3. The second kappa shape index (κ2) is 7.33. The number of hydrazine groups is 1. The van der Waals surface area contributed by atoms with Crippen LogP contribution in [0.4, 0.5) is 0 Å². The van der Waals surface area contributed by atoms with E-state index in [0.717, 1.165) is 42.0 Å². The summed E-state index contributed by atoms with van der Waals surface area (Å²) >= 11 is 0. The smallest absolute Gasteiger partial charge is 0.144 e. The molecule has 0 aromatic carbocycles. The monoisotopic (exact) mass is 275 g/mol. The lowest BCUT2D eigenvalue weighted by Gasteiger charge is -2.14. The maximum atomic E-state index is 5.71. The molecule has 0 radical (unpaired) electrons. The number of hydrogen-bond acceptors (Lipinski definition) is 4. The summed E-state index contributed by atoms with van der Waals surface area (Å²) in [6, 6.07) is 2.39. The lowest BCUT2D eigenvalue weighted by atomic mass is 10.1. The highest BCUT2D eigenvalue weighted by atomic mass is 15.3. The highest BCUT2D eigenvalue weighted by molar-refractivity contribution is 5.99. The summed E-state index contributed by atoms with van der Waals surface area (Å²) in [6.45, 7) is 4.01. The van der Waals surface area contributed by atoms with Crippen LogP contribution >= 0.6 is 0 Å². The first-order chi connectivity index (χ1) is 9.74. The summed E-state index contributed by atoms with van der Waals surface area (Å²) in [5.74, 6) is 6.46. The molecule has 1 aliphatic rings. The van der Waals surface area contributed by atoms with Crippen LogP contribution in [0, 0.1) is 6.92 Å². The second-order valence-electron chi connectivity index (χ2n) is 5.47. The largest absolute Gasteiger partial charge is 0.308 e. The van der Waals surface area contributed by atoms with E-state index in [4.69, 9.17) is 10.8 Å². The molecule has 110 valence electrons. The van der Waals surface area contributed by atoms with E-state index >= 15 is 0 Å². The normalized spacial score (nSPS) is 17.9. The van der Waals surface area contributed by atoms with Gasteiger partial charge in [-0.15, -0.1) is 0 Å². The SMILES string of the molecule is CCc1nnc(C)cc1C(=NC1CCCCCC1)NN. The van der Waals surface area contributed by atoms with Crippen LogP contribution in [0.15, 0.2) is 11.1 Å². The highest BCUT2D eigenvalue weighted by Crippen LogP contribution is 2.20. The summed E-state index contributed by atoms with van der Waals surface area (Å²) in [6.07, 6.45) is 8.32. The Morgan fingerprint density at radius 1 is 1.30 bits per heavy atom. The zero-order valence-electron chi connectivity index (χ0n) is 12.5. The Hall–Kier alpha value is -1.49. The van der Waals surface area contributed by atoms with Gasteiger partial charge in [0.05, 0.1) is 17.4 Å². The topological polar surface area (TPSA) is 76.2 Å². The predicted octanol–water partition coefficient (Wildman–Crippen LogP) is 2.28. The van der Waals surface area contributed by atoms with Crippen molar-refractivity contribution in [2.45, 2.75) is 64.8 Å². The van der Waals surface area contributed by atoms with Gasteiger partial charge in [0.15, 0.2) is 0 Å². The van der Waals surface area contributed by atoms with E-state index in [1.807, 2.05) is 13.0 Å². The zero-order chi connectivity index (χ0) is 14.4. The number of amidine groups is 1. The molecule has 0 atom stereocenters. The quantitative estimate of drug-likeness (QED) is 0.292. The van der Waals surface area contributed by atoms with Crippen LogP contribution in [0.25, 0.3) is 0 Å². The molecule has 20 heavy (non-hydrogen) atoms. The van der Waals surface area contributed by atoms with Crippen LogP contribution in [-0.2, 0) is 6.42 Å². The Bertz CT molecular complexity index is 461. The van der Waals surface area contributed by atoms with Gasteiger partial charge in [0, 0.05) is 5.56 Å². The van der Waals surface area contributed by atoms with E-state index in [1.165, 1.54) is 25.7 Å². The van der Waals surface area contributed by atoms with Crippen molar-refractivity contribution < 1.29 is 0 Å². The molecule has 0 bridgehead atoms. The van der Waals surface area contributed by atoms with Crippen molar-refractivity contribution in [3.63, 3.8) is 0 Å². The average molecular weight is 275 g/mol. The maximum absolute atomic E-state index is 5.71. The zero-order valence-corrected chi connectivity index (χ0v) is 12.5. The van der Waals surface area contributed by atoms with Crippen molar-refractivity contribution in [2.75, 3.05) is 0 Å². The van der Waals surface area contributed by atoms with Crippen LogP contribution in [0.1, 0.15) is 62.4 Å². The molecule has 0 spiro atoms. The molecule has 1 aliphatic carbocycles. The number of hydrogen-bond donors (Lipinski definition) is 2. The number of rotatable bonds is 3. The molecule has 1 aromatic rings. The van der Waals surface area contributed by atoms with Gasteiger partial charge in [-0.1, -0.05) is 32.6 Å². The van der Waals surface area contributed by atoms with Gasteiger partial charge in [0.25, 0.3) is 0 Å². The van der Waals surface area contributed by atoms with E-state index in [1.54, 1.807) is 0 Å². The first-order valence-electron chi connectivity index (χ1n) is 7.62. The van der Waals surface area contributed by atoms with Gasteiger partial charge in [-0.3, -0.25) is 4.99 Å². The van der Waals surface area contributed by atoms with Crippen LogP contribution in [0.2, 0.25) is 0 Å². The van der Waals surface area contributed by atoms with Crippen LogP contribution in [-0.4, -0.2) is 22.1 Å². The third-order valence-electron chi connectivity index (χ3n) is 3.86. The first-order valence-corrected chi connectivity index (χ1v) is 7.62.